The summed E-state index contributed by atoms with van der Waals surface area (Å²) in [6, 6.07) is 7.56. The summed E-state index contributed by atoms with van der Waals surface area (Å²) >= 11 is 0. The van der Waals surface area contributed by atoms with Crippen LogP contribution < -0.4 is 22.1 Å². The van der Waals surface area contributed by atoms with E-state index in [0.29, 0.717) is 13.1 Å². The first kappa shape index (κ1) is 14.1. The van der Waals surface area contributed by atoms with Crippen LogP contribution in [0.3, 0.4) is 0 Å². The van der Waals surface area contributed by atoms with Crippen molar-refractivity contribution in [1.82, 2.24) is 10.6 Å². The van der Waals surface area contributed by atoms with Crippen LogP contribution in [0.2, 0.25) is 0 Å². The molecule has 1 rings (SSSR count). The first-order valence-electron chi connectivity index (χ1n) is 5.67. The third-order valence-corrected chi connectivity index (χ3v) is 2.37. The summed E-state index contributed by atoms with van der Waals surface area (Å²) < 4.78 is 0. The summed E-state index contributed by atoms with van der Waals surface area (Å²) in [6.45, 7) is 0.878. The van der Waals surface area contributed by atoms with E-state index in [1.165, 1.54) is 0 Å². The van der Waals surface area contributed by atoms with Gasteiger partial charge in [-0.05, 0) is 11.1 Å². The fourth-order valence-corrected chi connectivity index (χ4v) is 1.32. The molecule has 6 heteroatoms. The molecular formula is C12H18N4O2. The number of amides is 2. The van der Waals surface area contributed by atoms with Crippen molar-refractivity contribution in [2.45, 2.75) is 13.1 Å². The van der Waals surface area contributed by atoms with Crippen molar-refractivity contribution in [3.8, 4) is 0 Å². The van der Waals surface area contributed by atoms with Gasteiger partial charge in [-0.25, -0.2) is 0 Å². The average Bonchev–Trinajstić information content (AvgIpc) is 2.43. The Labute approximate surface area is 106 Å². The molecule has 98 valence electrons. The number of hydrogen-bond donors (Lipinski definition) is 4. The molecule has 18 heavy (non-hydrogen) atoms. The molecule has 0 heterocycles. The molecule has 0 bridgehead atoms. The van der Waals surface area contributed by atoms with Gasteiger partial charge in [0.2, 0.25) is 11.8 Å². The molecule has 2 amide bonds. The lowest BCUT2D eigenvalue weighted by Crippen LogP contribution is -2.30. The molecule has 0 radical (unpaired) electrons. The van der Waals surface area contributed by atoms with Crippen LogP contribution in [0.15, 0.2) is 24.3 Å². The third kappa shape index (κ3) is 4.94. The Morgan fingerprint density at radius 1 is 0.833 bits per heavy atom. The number of benzene rings is 1. The normalized spacial score (nSPS) is 9.89. The van der Waals surface area contributed by atoms with Crippen molar-refractivity contribution in [3.63, 3.8) is 0 Å². The van der Waals surface area contributed by atoms with Gasteiger partial charge in [-0.15, -0.1) is 0 Å². The van der Waals surface area contributed by atoms with Crippen LogP contribution in [-0.2, 0) is 22.7 Å². The van der Waals surface area contributed by atoms with Gasteiger partial charge in [0, 0.05) is 13.1 Å². The topological polar surface area (TPSA) is 110 Å². The van der Waals surface area contributed by atoms with E-state index in [4.69, 9.17) is 11.5 Å². The van der Waals surface area contributed by atoms with Gasteiger partial charge in [0.1, 0.15) is 0 Å². The van der Waals surface area contributed by atoms with Crippen molar-refractivity contribution in [3.05, 3.63) is 35.4 Å². The predicted octanol–water partition coefficient (Wildman–Crippen LogP) is -1.16. The molecule has 6 nitrogen and oxygen atoms in total. The Morgan fingerprint density at radius 2 is 1.17 bits per heavy atom. The molecule has 0 aromatic heterocycles. The summed E-state index contributed by atoms with van der Waals surface area (Å²) in [5.41, 5.74) is 12.3. The first-order chi connectivity index (χ1) is 8.65. The van der Waals surface area contributed by atoms with Crippen LogP contribution in [-0.4, -0.2) is 24.9 Å². The highest BCUT2D eigenvalue weighted by Crippen LogP contribution is 2.04. The fourth-order valence-electron chi connectivity index (χ4n) is 1.32. The lowest BCUT2D eigenvalue weighted by Gasteiger charge is -2.06. The Hall–Kier alpha value is -1.92. The highest BCUT2D eigenvalue weighted by molar-refractivity contribution is 5.78. The van der Waals surface area contributed by atoms with Gasteiger partial charge in [-0.3, -0.25) is 9.59 Å². The van der Waals surface area contributed by atoms with Crippen molar-refractivity contribution in [2.75, 3.05) is 13.1 Å². The van der Waals surface area contributed by atoms with Crippen molar-refractivity contribution in [2.24, 2.45) is 11.5 Å². The first-order valence-corrected chi connectivity index (χ1v) is 5.67. The van der Waals surface area contributed by atoms with Crippen LogP contribution in [0.25, 0.3) is 0 Å². The van der Waals surface area contributed by atoms with E-state index < -0.39 is 0 Å². The third-order valence-electron chi connectivity index (χ3n) is 2.37. The van der Waals surface area contributed by atoms with E-state index in [1.807, 2.05) is 24.3 Å². The molecule has 1 aromatic carbocycles. The van der Waals surface area contributed by atoms with Crippen LogP contribution in [0.4, 0.5) is 0 Å². The second-order valence-corrected chi connectivity index (χ2v) is 3.78. The minimum absolute atomic E-state index is 0.0107. The van der Waals surface area contributed by atoms with Gasteiger partial charge in [-0.1, -0.05) is 24.3 Å². The molecule has 0 atom stereocenters. The highest BCUT2D eigenvalue weighted by Gasteiger charge is 2.00. The van der Waals surface area contributed by atoms with E-state index in [1.54, 1.807) is 0 Å². The van der Waals surface area contributed by atoms with Crippen LogP contribution >= 0.6 is 0 Å². The maximum absolute atomic E-state index is 11.0. The number of rotatable bonds is 6. The number of nitrogens with two attached hydrogens (primary N) is 2. The number of hydrogen-bond acceptors (Lipinski definition) is 4. The van der Waals surface area contributed by atoms with E-state index in [-0.39, 0.29) is 24.9 Å². The van der Waals surface area contributed by atoms with Crippen LogP contribution in [0.5, 0.6) is 0 Å². The van der Waals surface area contributed by atoms with Gasteiger partial charge in [0.25, 0.3) is 0 Å². The SMILES string of the molecule is NCC(=O)NCc1ccc(CNC(=O)CN)cc1. The van der Waals surface area contributed by atoms with Crippen molar-refractivity contribution < 1.29 is 9.59 Å². The van der Waals surface area contributed by atoms with E-state index in [2.05, 4.69) is 10.6 Å². The van der Waals surface area contributed by atoms with Crippen molar-refractivity contribution >= 4 is 11.8 Å². The maximum atomic E-state index is 11.0. The van der Waals surface area contributed by atoms with Crippen LogP contribution in [0, 0.1) is 0 Å². The van der Waals surface area contributed by atoms with E-state index >= 15 is 0 Å². The fraction of sp³-hybridized carbons (Fsp3) is 0.333. The van der Waals surface area contributed by atoms with E-state index in [0.717, 1.165) is 11.1 Å². The number of carbonyl (C=O) groups is 2. The van der Waals surface area contributed by atoms with Gasteiger partial charge in [0.15, 0.2) is 0 Å². The summed E-state index contributed by atoms with van der Waals surface area (Å²) in [6.07, 6.45) is 0. The van der Waals surface area contributed by atoms with Gasteiger partial charge in [0.05, 0.1) is 13.1 Å². The molecule has 0 aliphatic heterocycles. The molecule has 6 N–H and O–H groups in total. The summed E-state index contributed by atoms with van der Waals surface area (Å²) in [7, 11) is 0. The van der Waals surface area contributed by atoms with E-state index in [9.17, 15) is 9.59 Å². The zero-order valence-corrected chi connectivity index (χ0v) is 10.1. The standard InChI is InChI=1S/C12H18N4O2/c13-5-11(17)15-7-9-1-2-10(4-3-9)8-16-12(18)6-14/h1-4H,5-8,13-14H2,(H,15,17)(H,16,18). The Kier molecular flexibility index (Phi) is 5.83. The van der Waals surface area contributed by atoms with Crippen molar-refractivity contribution in [1.29, 1.82) is 0 Å². The Morgan fingerprint density at radius 3 is 1.44 bits per heavy atom. The number of nitrogens with one attached hydrogen (secondary N) is 2. The minimum Gasteiger partial charge on any atom is -0.351 e. The monoisotopic (exact) mass is 250 g/mol. The summed E-state index contributed by atoms with van der Waals surface area (Å²) in [5.74, 6) is -0.372. The average molecular weight is 250 g/mol. The summed E-state index contributed by atoms with van der Waals surface area (Å²) in [4.78, 5) is 21.9. The minimum atomic E-state index is -0.186. The highest BCUT2D eigenvalue weighted by atomic mass is 16.2. The quantitative estimate of drug-likeness (QED) is 0.510. The zero-order chi connectivity index (χ0) is 13.4. The second-order valence-electron chi connectivity index (χ2n) is 3.78. The molecule has 0 spiro atoms. The largest absolute Gasteiger partial charge is 0.351 e. The van der Waals surface area contributed by atoms with Gasteiger partial charge < -0.3 is 22.1 Å². The predicted molar refractivity (Wildman–Crippen MR) is 68.2 cm³/mol. The second kappa shape index (κ2) is 7.41. The summed E-state index contributed by atoms with van der Waals surface area (Å²) in [5, 5.41) is 5.35. The Bertz CT molecular complexity index is 364. The van der Waals surface area contributed by atoms with Gasteiger partial charge >= 0.3 is 0 Å². The number of carbonyl (C=O) groups excluding carboxylic acids is 2. The zero-order valence-electron chi connectivity index (χ0n) is 10.1. The Balaban J connectivity index is 2.42. The molecule has 1 aromatic rings. The smallest absolute Gasteiger partial charge is 0.234 e. The van der Waals surface area contributed by atoms with Gasteiger partial charge in [-0.2, -0.15) is 0 Å². The molecule has 0 saturated heterocycles. The molecule has 0 saturated carbocycles. The molecule has 0 fully saturated rings. The van der Waals surface area contributed by atoms with Crippen LogP contribution in [0.1, 0.15) is 11.1 Å². The molecule has 0 aliphatic carbocycles. The molecule has 0 unspecified atom stereocenters. The lowest BCUT2D eigenvalue weighted by atomic mass is 10.1. The molecule has 0 aliphatic rings. The lowest BCUT2D eigenvalue weighted by molar-refractivity contribution is -0.120. The maximum Gasteiger partial charge on any atom is 0.234 e. The molecular weight excluding hydrogens is 232 g/mol.